The van der Waals surface area contributed by atoms with E-state index in [1.807, 2.05) is 0 Å². The zero-order valence-corrected chi connectivity index (χ0v) is 44.2. The molecule has 1 aromatic carbocycles. The lowest BCUT2D eigenvalue weighted by atomic mass is 10.0. The molecule has 17 N–H and O–H groups in total. The summed E-state index contributed by atoms with van der Waals surface area (Å²) in [6, 6.07) is -4.60. The fourth-order valence-corrected chi connectivity index (χ4v) is 8.16. The van der Waals surface area contributed by atoms with E-state index in [-0.39, 0.29) is 56.7 Å². The van der Waals surface area contributed by atoms with E-state index in [1.165, 1.54) is 24.3 Å². The minimum absolute atomic E-state index is 0.00171. The molecule has 10 amide bonds. The normalized spacial score (nSPS) is 16.5. The van der Waals surface area contributed by atoms with Gasteiger partial charge in [0, 0.05) is 49.9 Å². The van der Waals surface area contributed by atoms with Gasteiger partial charge in [-0.2, -0.15) is 12.6 Å². The van der Waals surface area contributed by atoms with Crippen LogP contribution in [0.3, 0.4) is 0 Å². The fourth-order valence-electron chi connectivity index (χ4n) is 7.99. The molecule has 0 spiro atoms. The van der Waals surface area contributed by atoms with Crippen molar-refractivity contribution in [3.05, 3.63) is 54.1 Å². The first-order valence-corrected chi connectivity index (χ1v) is 25.6. The van der Waals surface area contributed by atoms with Gasteiger partial charge in [-0.25, -0.2) is 9.78 Å². The maximum Gasteiger partial charge on any atom is 0.328 e. The summed E-state index contributed by atoms with van der Waals surface area (Å²) in [5.41, 5.74) is 11.9. The van der Waals surface area contributed by atoms with Crippen LogP contribution in [0.1, 0.15) is 77.0 Å². The Kier molecular flexibility index (Phi) is 26.6. The number of aliphatic carboxylic acids is 2. The number of aliphatic hydroxyl groups excluding tert-OH is 2. The summed E-state index contributed by atoms with van der Waals surface area (Å²) in [6.45, 7) is 2.75. The van der Waals surface area contributed by atoms with Gasteiger partial charge in [0.05, 0.1) is 31.6 Å². The molecule has 1 aliphatic heterocycles. The van der Waals surface area contributed by atoms with Gasteiger partial charge in [-0.05, 0) is 50.5 Å². The zero-order valence-electron chi connectivity index (χ0n) is 43.3. The topological polar surface area (TPSA) is 466 Å². The Morgan fingerprint density at radius 2 is 1.32 bits per heavy atom. The van der Waals surface area contributed by atoms with Crippen molar-refractivity contribution in [2.24, 2.45) is 17.4 Å². The van der Waals surface area contributed by atoms with Crippen molar-refractivity contribution in [3.63, 3.8) is 0 Å². The lowest BCUT2D eigenvalue weighted by molar-refractivity contribution is -0.145. The number of carbonyl (C=O) groups excluding carboxylic acids is 10. The number of aromatic nitrogens is 2. The number of nitrogens with two attached hydrogens (primary N) is 2. The van der Waals surface area contributed by atoms with Crippen LogP contribution in [0, 0.1) is 5.92 Å². The fraction of sp³-hybridized carbons (Fsp3) is 0.562. The van der Waals surface area contributed by atoms with Gasteiger partial charge in [0.25, 0.3) is 0 Å². The molecule has 29 nitrogen and oxygen atoms in total. The summed E-state index contributed by atoms with van der Waals surface area (Å²) in [7, 11) is 0. The molecule has 0 saturated carbocycles. The molecule has 2 heterocycles. The van der Waals surface area contributed by atoms with Crippen molar-refractivity contribution in [3.8, 4) is 0 Å². The Balaban J connectivity index is 1.75. The summed E-state index contributed by atoms with van der Waals surface area (Å²) in [5, 5.41) is 58.3. The second-order valence-corrected chi connectivity index (χ2v) is 19.3. The molecule has 430 valence electrons. The highest BCUT2D eigenvalue weighted by Gasteiger charge is 2.41. The SMILES string of the molecule is CC(C)C[C@H](NC(=O)[C@H](CCC(=O)O)NC(=O)CNC(=O)[C@H](CO)NC(=O)[C@H](Cc1cnc[nH]1)NC(=O)[C@H](CCC(N)=O)NC(=O)[C@@H](N)CS)C(=O)N1CCC[C@H]1C(=O)N[C@@H](Cc1ccccc1)C(=O)N[C@H](C(=O)O)[C@@H](C)O. The number of primary amides is 1. The highest BCUT2D eigenvalue weighted by Crippen LogP contribution is 2.21. The van der Waals surface area contributed by atoms with E-state index in [2.05, 4.69) is 65.1 Å². The van der Waals surface area contributed by atoms with Gasteiger partial charge in [-0.3, -0.25) is 52.7 Å². The zero-order chi connectivity index (χ0) is 58.2. The van der Waals surface area contributed by atoms with E-state index in [1.54, 1.807) is 44.2 Å². The molecule has 30 heteroatoms. The third-order valence-electron chi connectivity index (χ3n) is 12.1. The van der Waals surface area contributed by atoms with Crippen molar-refractivity contribution >= 4 is 83.6 Å². The van der Waals surface area contributed by atoms with E-state index >= 15 is 0 Å². The summed E-state index contributed by atoms with van der Waals surface area (Å²) in [6.07, 6.45) is -0.617. The molecule has 0 radical (unpaired) electrons. The highest BCUT2D eigenvalue weighted by atomic mass is 32.1. The molecular formula is C48H71N13O16S. The average molecular weight is 1120 g/mol. The number of benzene rings is 1. The largest absolute Gasteiger partial charge is 0.481 e. The number of nitrogens with one attached hydrogen (secondary N) is 9. The van der Waals surface area contributed by atoms with E-state index in [9.17, 15) is 78.0 Å². The van der Waals surface area contributed by atoms with Gasteiger partial charge in [-0.1, -0.05) is 44.2 Å². The number of thiol groups is 1. The van der Waals surface area contributed by atoms with Crippen LogP contribution in [-0.4, -0.2) is 192 Å². The number of imidazole rings is 1. The average Bonchev–Trinajstić information content (AvgIpc) is 4.11. The van der Waals surface area contributed by atoms with E-state index in [0.717, 1.165) is 0 Å². The van der Waals surface area contributed by atoms with E-state index in [0.29, 0.717) is 17.7 Å². The Morgan fingerprint density at radius 1 is 0.744 bits per heavy atom. The number of carboxylic acid groups (broad SMARTS) is 2. The van der Waals surface area contributed by atoms with Crippen molar-refractivity contribution in [1.29, 1.82) is 0 Å². The summed E-state index contributed by atoms with van der Waals surface area (Å²) < 4.78 is 0. The molecule has 78 heavy (non-hydrogen) atoms. The number of amides is 10. The second-order valence-electron chi connectivity index (χ2n) is 18.9. The van der Waals surface area contributed by atoms with Crippen LogP contribution in [0.2, 0.25) is 0 Å². The monoisotopic (exact) mass is 1120 g/mol. The molecule has 0 unspecified atom stereocenters. The molecule has 1 saturated heterocycles. The van der Waals surface area contributed by atoms with Crippen molar-refractivity contribution in [2.45, 2.75) is 139 Å². The number of carboxylic acids is 2. The third kappa shape index (κ3) is 21.4. The molecule has 0 aliphatic carbocycles. The lowest BCUT2D eigenvalue weighted by Crippen LogP contribution is -2.60. The summed E-state index contributed by atoms with van der Waals surface area (Å²) in [4.78, 5) is 165. The molecular weight excluding hydrogens is 1050 g/mol. The van der Waals surface area contributed by atoms with Crippen LogP contribution in [0.25, 0.3) is 0 Å². The molecule has 3 rings (SSSR count). The number of carbonyl (C=O) groups is 12. The van der Waals surface area contributed by atoms with Crippen LogP contribution in [0.15, 0.2) is 42.9 Å². The number of hydrogen-bond acceptors (Lipinski definition) is 17. The Labute approximate surface area is 453 Å². The molecule has 1 fully saturated rings. The number of rotatable bonds is 33. The van der Waals surface area contributed by atoms with Gasteiger partial charge in [-0.15, -0.1) is 0 Å². The van der Waals surface area contributed by atoms with Crippen molar-refractivity contribution < 1.29 is 78.0 Å². The number of hydrogen-bond donors (Lipinski definition) is 16. The van der Waals surface area contributed by atoms with Crippen molar-refractivity contribution in [1.82, 2.24) is 57.4 Å². The van der Waals surface area contributed by atoms with Crippen LogP contribution in [-0.2, 0) is 70.4 Å². The predicted octanol–water partition coefficient (Wildman–Crippen LogP) is -5.41. The quantitative estimate of drug-likeness (QED) is 0.0297. The number of likely N-dealkylation sites (tertiary alicyclic amines) is 1. The number of nitrogens with zero attached hydrogens (tertiary/aromatic N) is 2. The maximum absolute atomic E-state index is 14.3. The van der Waals surface area contributed by atoms with Crippen LogP contribution >= 0.6 is 12.6 Å². The third-order valence-corrected chi connectivity index (χ3v) is 12.5. The molecule has 1 aromatic heterocycles. The summed E-state index contributed by atoms with van der Waals surface area (Å²) >= 11 is 3.97. The summed E-state index contributed by atoms with van der Waals surface area (Å²) in [5.74, 6) is -12.4. The highest BCUT2D eigenvalue weighted by molar-refractivity contribution is 7.80. The first-order valence-electron chi connectivity index (χ1n) is 24.9. The van der Waals surface area contributed by atoms with Gasteiger partial charge in [0.1, 0.15) is 42.3 Å². The smallest absolute Gasteiger partial charge is 0.328 e. The minimum Gasteiger partial charge on any atom is -0.481 e. The molecule has 0 bridgehead atoms. The lowest BCUT2D eigenvalue weighted by Gasteiger charge is -2.31. The maximum atomic E-state index is 14.3. The Bertz CT molecular complexity index is 2410. The molecule has 10 atom stereocenters. The number of H-pyrrole nitrogens is 1. The van der Waals surface area contributed by atoms with Crippen LogP contribution in [0.5, 0.6) is 0 Å². The minimum atomic E-state index is -1.76. The van der Waals surface area contributed by atoms with E-state index < -0.39 is 157 Å². The van der Waals surface area contributed by atoms with Crippen LogP contribution in [0.4, 0.5) is 0 Å². The number of aromatic amines is 1. The van der Waals surface area contributed by atoms with Gasteiger partial charge in [0.15, 0.2) is 6.04 Å². The second kappa shape index (κ2) is 32.1. The first-order chi connectivity index (χ1) is 36.8. The number of aliphatic hydroxyl groups is 2. The van der Waals surface area contributed by atoms with Gasteiger partial charge in [0.2, 0.25) is 59.1 Å². The Morgan fingerprint density at radius 3 is 1.88 bits per heavy atom. The van der Waals surface area contributed by atoms with Crippen molar-refractivity contribution in [2.75, 3.05) is 25.4 Å². The standard InChI is InChI=1S/C48H71N13O16S/c1-24(2)16-33(47(75)61-15-7-10-35(61)46(74)57-31(17-26-8-5-4-6-9-26)45(73)60-39(25(3)63)48(76)77)58-42(70)29(12-14-38(66)67)54-37(65)20-52-41(69)34(21-62)59-44(72)32(18-27-19-51-23-53-27)56-43(71)30(11-13-36(50)64)55-40(68)28(49)22-78/h4-6,8-9,19,23-25,28-35,39,62-63,78H,7,10-18,20-22,49H2,1-3H3,(H2,50,64)(H,51,53)(H,52,69)(H,54,65)(H,55,68)(H,56,71)(H,57,74)(H,58,70)(H,59,72)(H,60,73)(H,66,67)(H,76,77)/t25-,28+,29+,30+,31+,32+,33+,34+,35+,39+/m1/s1. The van der Waals surface area contributed by atoms with E-state index in [4.69, 9.17) is 11.5 Å². The first kappa shape index (κ1) is 64.6. The predicted molar refractivity (Wildman–Crippen MR) is 277 cm³/mol. The molecule has 1 aliphatic rings. The van der Waals surface area contributed by atoms with Gasteiger partial charge < -0.3 is 84.3 Å². The van der Waals surface area contributed by atoms with Gasteiger partial charge >= 0.3 is 11.9 Å². The molecule has 2 aromatic rings. The Hall–Kier alpha value is -7.70. The van der Waals surface area contributed by atoms with Crippen LogP contribution < -0.4 is 54.0 Å².